The molecule has 1 heterocycles. The molecule has 0 aliphatic carbocycles. The lowest BCUT2D eigenvalue weighted by Gasteiger charge is -2.05. The summed E-state index contributed by atoms with van der Waals surface area (Å²) in [5.41, 5.74) is 8.43. The first-order valence-electron chi connectivity index (χ1n) is 6.00. The van der Waals surface area contributed by atoms with E-state index < -0.39 is 0 Å². The van der Waals surface area contributed by atoms with Crippen LogP contribution in [0.2, 0.25) is 0 Å². The molecular weight excluding hydrogens is 240 g/mol. The smallest absolute Gasteiger partial charge is 0.161 e. The van der Waals surface area contributed by atoms with Crippen LogP contribution in [-0.2, 0) is 6.61 Å². The summed E-state index contributed by atoms with van der Waals surface area (Å²) in [4.78, 5) is 3.25. The Bertz CT molecular complexity index is 719. The van der Waals surface area contributed by atoms with Crippen molar-refractivity contribution in [2.24, 2.45) is 0 Å². The van der Waals surface area contributed by atoms with Gasteiger partial charge in [0.1, 0.15) is 6.61 Å². The third kappa shape index (κ3) is 2.33. The third-order valence-electron chi connectivity index (χ3n) is 2.95. The van der Waals surface area contributed by atoms with Gasteiger partial charge in [0.2, 0.25) is 0 Å². The number of nitrogen functional groups attached to an aromatic ring is 1. The van der Waals surface area contributed by atoms with Gasteiger partial charge in [0.05, 0.1) is 5.69 Å². The van der Waals surface area contributed by atoms with Crippen molar-refractivity contribution in [3.05, 3.63) is 54.2 Å². The second kappa shape index (κ2) is 4.57. The van der Waals surface area contributed by atoms with Crippen molar-refractivity contribution in [1.29, 1.82) is 0 Å². The van der Waals surface area contributed by atoms with Gasteiger partial charge in [0.15, 0.2) is 11.5 Å². The molecule has 19 heavy (non-hydrogen) atoms. The summed E-state index contributed by atoms with van der Waals surface area (Å²) < 4.78 is 5.57. The molecule has 0 fully saturated rings. The lowest BCUT2D eigenvalue weighted by atomic mass is 10.2. The predicted octanol–water partition coefficient (Wildman–Crippen LogP) is 3.03. The second-order valence-corrected chi connectivity index (χ2v) is 4.40. The highest BCUT2D eigenvalue weighted by molar-refractivity contribution is 5.83. The highest BCUT2D eigenvalue weighted by atomic mass is 16.5. The average Bonchev–Trinajstić information content (AvgIpc) is 2.79. The fourth-order valence-corrected chi connectivity index (χ4v) is 2.02. The number of hydrogen-bond donors (Lipinski definition) is 3. The summed E-state index contributed by atoms with van der Waals surface area (Å²) in [6.45, 7) is 0.367. The van der Waals surface area contributed by atoms with E-state index in [0.29, 0.717) is 12.4 Å². The van der Waals surface area contributed by atoms with Crippen LogP contribution in [0.15, 0.2) is 48.5 Å². The topological polar surface area (TPSA) is 71.3 Å². The Morgan fingerprint density at radius 2 is 1.95 bits per heavy atom. The van der Waals surface area contributed by atoms with Crippen LogP contribution >= 0.6 is 0 Å². The van der Waals surface area contributed by atoms with Crippen LogP contribution in [0.3, 0.4) is 0 Å². The second-order valence-electron chi connectivity index (χ2n) is 4.40. The predicted molar refractivity (Wildman–Crippen MR) is 75.1 cm³/mol. The first-order chi connectivity index (χ1) is 9.22. The fraction of sp³-hybridized carbons (Fsp3) is 0.0667. The SMILES string of the molecule is Nc1ccc2[nH]c(COc3ccccc3O)cc2c1. The molecule has 0 bridgehead atoms. The number of benzene rings is 2. The molecule has 2 aromatic carbocycles. The van der Waals surface area contributed by atoms with E-state index in [2.05, 4.69) is 4.98 Å². The fourth-order valence-electron chi connectivity index (χ4n) is 2.02. The molecule has 4 nitrogen and oxygen atoms in total. The Hall–Kier alpha value is -2.62. The van der Waals surface area contributed by atoms with Crippen LogP contribution in [0.4, 0.5) is 5.69 Å². The van der Waals surface area contributed by atoms with Crippen molar-refractivity contribution in [3.63, 3.8) is 0 Å². The molecule has 0 unspecified atom stereocenters. The summed E-state index contributed by atoms with van der Waals surface area (Å²) >= 11 is 0. The summed E-state index contributed by atoms with van der Waals surface area (Å²) in [5, 5.41) is 10.7. The number of phenolic OH excluding ortho intramolecular Hbond substituents is 1. The third-order valence-corrected chi connectivity index (χ3v) is 2.95. The van der Waals surface area contributed by atoms with Crippen molar-refractivity contribution in [3.8, 4) is 11.5 Å². The lowest BCUT2D eigenvalue weighted by molar-refractivity contribution is 0.286. The van der Waals surface area contributed by atoms with Gasteiger partial charge in [-0.2, -0.15) is 0 Å². The molecule has 1 aromatic heterocycles. The molecule has 4 heteroatoms. The van der Waals surface area contributed by atoms with Crippen LogP contribution in [0.1, 0.15) is 5.69 Å². The maximum absolute atomic E-state index is 9.61. The maximum atomic E-state index is 9.61. The summed E-state index contributed by atoms with van der Waals surface area (Å²) in [7, 11) is 0. The molecule has 96 valence electrons. The number of fused-ring (bicyclic) bond motifs is 1. The van der Waals surface area contributed by atoms with E-state index in [1.165, 1.54) is 0 Å². The minimum Gasteiger partial charge on any atom is -0.504 e. The van der Waals surface area contributed by atoms with Crippen LogP contribution < -0.4 is 10.5 Å². The van der Waals surface area contributed by atoms with Crippen LogP contribution in [0, 0.1) is 0 Å². The molecule has 4 N–H and O–H groups in total. The number of aromatic hydroxyl groups is 1. The van der Waals surface area contributed by atoms with E-state index >= 15 is 0 Å². The van der Waals surface area contributed by atoms with Gasteiger partial charge < -0.3 is 20.6 Å². The Labute approximate surface area is 110 Å². The molecule has 0 saturated carbocycles. The van der Waals surface area contributed by atoms with E-state index in [-0.39, 0.29) is 5.75 Å². The van der Waals surface area contributed by atoms with Crippen molar-refractivity contribution in [2.75, 3.05) is 5.73 Å². The standard InChI is InChI=1S/C15H14N2O2/c16-11-5-6-13-10(7-11)8-12(17-13)9-19-15-4-2-1-3-14(15)18/h1-8,17-18H,9,16H2. The quantitative estimate of drug-likeness (QED) is 0.629. The number of rotatable bonds is 3. The number of aromatic amines is 1. The van der Waals surface area contributed by atoms with Crippen molar-refractivity contribution in [2.45, 2.75) is 6.61 Å². The summed E-state index contributed by atoms with van der Waals surface area (Å²) in [5.74, 6) is 0.614. The number of H-pyrrole nitrogens is 1. The monoisotopic (exact) mass is 254 g/mol. The largest absolute Gasteiger partial charge is 0.504 e. The van der Waals surface area contributed by atoms with Crippen LogP contribution in [0.25, 0.3) is 10.9 Å². The van der Waals surface area contributed by atoms with E-state index in [1.54, 1.807) is 18.2 Å². The first-order valence-corrected chi connectivity index (χ1v) is 6.00. The molecule has 0 amide bonds. The summed E-state index contributed by atoms with van der Waals surface area (Å²) in [6.07, 6.45) is 0. The Morgan fingerprint density at radius 1 is 1.11 bits per heavy atom. The molecule has 0 spiro atoms. The Balaban J connectivity index is 1.80. The maximum Gasteiger partial charge on any atom is 0.161 e. The zero-order valence-electron chi connectivity index (χ0n) is 10.3. The summed E-state index contributed by atoms with van der Waals surface area (Å²) in [6, 6.07) is 14.6. The normalized spacial score (nSPS) is 10.7. The number of nitrogens with two attached hydrogens (primary N) is 1. The number of hydrogen-bond acceptors (Lipinski definition) is 3. The highest BCUT2D eigenvalue weighted by Crippen LogP contribution is 2.26. The number of ether oxygens (including phenoxy) is 1. The molecule has 0 radical (unpaired) electrons. The van der Waals surface area contributed by atoms with Gasteiger partial charge in [-0.25, -0.2) is 0 Å². The molecular formula is C15H14N2O2. The molecule has 3 rings (SSSR count). The molecule has 0 atom stereocenters. The molecule has 0 aliphatic heterocycles. The van der Waals surface area contributed by atoms with Gasteiger partial charge in [-0.05, 0) is 36.4 Å². The molecule has 0 saturated heterocycles. The van der Waals surface area contributed by atoms with E-state index in [4.69, 9.17) is 10.5 Å². The molecule has 3 aromatic rings. The molecule has 0 aliphatic rings. The van der Waals surface area contributed by atoms with Crippen molar-refractivity contribution < 1.29 is 9.84 Å². The minimum absolute atomic E-state index is 0.142. The number of anilines is 1. The average molecular weight is 254 g/mol. The Kier molecular flexibility index (Phi) is 2.76. The number of nitrogens with one attached hydrogen (secondary N) is 1. The minimum atomic E-state index is 0.142. The van der Waals surface area contributed by atoms with E-state index in [1.807, 2.05) is 30.3 Å². The van der Waals surface area contributed by atoms with Crippen molar-refractivity contribution in [1.82, 2.24) is 4.98 Å². The van der Waals surface area contributed by atoms with Gasteiger partial charge in [-0.1, -0.05) is 12.1 Å². The van der Waals surface area contributed by atoms with Gasteiger partial charge in [0.25, 0.3) is 0 Å². The number of para-hydroxylation sites is 2. The van der Waals surface area contributed by atoms with Crippen molar-refractivity contribution >= 4 is 16.6 Å². The van der Waals surface area contributed by atoms with E-state index in [0.717, 1.165) is 22.3 Å². The van der Waals surface area contributed by atoms with E-state index in [9.17, 15) is 5.11 Å². The number of aromatic nitrogens is 1. The first kappa shape index (κ1) is 11.5. The number of phenols is 1. The van der Waals surface area contributed by atoms with Gasteiger partial charge >= 0.3 is 0 Å². The highest BCUT2D eigenvalue weighted by Gasteiger charge is 2.04. The zero-order valence-corrected chi connectivity index (χ0v) is 10.3. The van der Waals surface area contributed by atoms with Crippen LogP contribution in [-0.4, -0.2) is 10.1 Å². The van der Waals surface area contributed by atoms with Gasteiger partial charge in [0, 0.05) is 16.6 Å². The van der Waals surface area contributed by atoms with Gasteiger partial charge in [-0.3, -0.25) is 0 Å². The Morgan fingerprint density at radius 3 is 2.79 bits per heavy atom. The van der Waals surface area contributed by atoms with Crippen LogP contribution in [0.5, 0.6) is 11.5 Å². The zero-order chi connectivity index (χ0) is 13.2. The van der Waals surface area contributed by atoms with Gasteiger partial charge in [-0.15, -0.1) is 0 Å². The lowest BCUT2D eigenvalue weighted by Crippen LogP contribution is -1.95.